The molecule has 3 aromatic rings. The number of para-hydroxylation sites is 1. The fourth-order valence-corrected chi connectivity index (χ4v) is 6.12. The van der Waals surface area contributed by atoms with Crippen LogP contribution in [0.4, 0.5) is 5.69 Å². The van der Waals surface area contributed by atoms with E-state index in [1.54, 1.807) is 31.2 Å². The smallest absolute Gasteiger partial charge is 0.272 e. The van der Waals surface area contributed by atoms with Gasteiger partial charge >= 0.3 is 0 Å². The average Bonchev–Trinajstić information content (AvgIpc) is 3.61. The topological polar surface area (TPSA) is 155 Å². The monoisotopic (exact) mass is 571 g/mol. The zero-order valence-corrected chi connectivity index (χ0v) is 22.6. The summed E-state index contributed by atoms with van der Waals surface area (Å²) in [7, 11) is -4.19. The Labute approximate surface area is 230 Å². The molecule has 0 radical (unpaired) electrons. The lowest BCUT2D eigenvalue weighted by atomic mass is 10.2. The van der Waals surface area contributed by atoms with Crippen molar-refractivity contribution in [2.75, 3.05) is 39.5 Å². The Balaban J connectivity index is 1.55. The lowest BCUT2D eigenvalue weighted by Crippen LogP contribution is -2.40. The Morgan fingerprint density at radius 1 is 1.18 bits per heavy atom. The summed E-state index contributed by atoms with van der Waals surface area (Å²) in [6, 6.07) is 12.3. The number of rotatable bonds is 9. The highest BCUT2D eigenvalue weighted by Crippen LogP contribution is 2.37. The molecule has 0 aliphatic carbocycles. The molecule has 2 saturated heterocycles. The third-order valence-electron chi connectivity index (χ3n) is 6.73. The molecule has 0 spiro atoms. The van der Waals surface area contributed by atoms with E-state index in [-0.39, 0.29) is 54.6 Å². The zero-order valence-electron chi connectivity index (χ0n) is 21.8. The standard InChI is InChI=1S/C26H29N5O8S/c1-18-24(25(32)27-17-21-8-5-13-38-21)28-30(19-6-3-2-4-7-19)26(18)39-22-10-9-20(31(33)34)16-23(22)40(35,36)29-11-14-37-15-12-29/h2-4,6-7,9-10,16,21H,5,8,11-15,17H2,1H3,(H,27,32)/t21-/m1/s1. The Morgan fingerprint density at radius 2 is 1.93 bits per heavy atom. The lowest BCUT2D eigenvalue weighted by molar-refractivity contribution is -0.385. The van der Waals surface area contributed by atoms with Crippen LogP contribution in [0.25, 0.3) is 5.69 Å². The van der Waals surface area contributed by atoms with Gasteiger partial charge in [0, 0.05) is 43.9 Å². The second-order valence-corrected chi connectivity index (χ2v) is 11.3. The summed E-state index contributed by atoms with van der Waals surface area (Å²) < 4.78 is 46.9. The summed E-state index contributed by atoms with van der Waals surface area (Å²) in [5.41, 5.74) is 0.623. The maximum absolute atomic E-state index is 13.6. The van der Waals surface area contributed by atoms with Gasteiger partial charge in [0.1, 0.15) is 10.6 Å². The van der Waals surface area contributed by atoms with Crippen molar-refractivity contribution in [3.05, 3.63) is 69.9 Å². The molecule has 1 N–H and O–H groups in total. The number of sulfonamides is 1. The van der Waals surface area contributed by atoms with Crippen LogP contribution < -0.4 is 10.1 Å². The fraction of sp³-hybridized carbons (Fsp3) is 0.385. The predicted molar refractivity (Wildman–Crippen MR) is 142 cm³/mol. The largest absolute Gasteiger partial charge is 0.437 e. The molecule has 0 saturated carbocycles. The van der Waals surface area contributed by atoms with Crippen LogP contribution in [-0.2, 0) is 19.5 Å². The normalized spacial score (nSPS) is 18.0. The van der Waals surface area contributed by atoms with E-state index in [1.807, 2.05) is 6.07 Å². The molecule has 212 valence electrons. The second-order valence-electron chi connectivity index (χ2n) is 9.38. The summed E-state index contributed by atoms with van der Waals surface area (Å²) in [5.74, 6) is -0.471. The number of nitrogens with zero attached hydrogens (tertiary/aromatic N) is 4. The van der Waals surface area contributed by atoms with Crippen molar-refractivity contribution in [1.82, 2.24) is 19.4 Å². The van der Waals surface area contributed by atoms with Crippen LogP contribution in [0.2, 0.25) is 0 Å². The number of morpholine rings is 1. The zero-order chi connectivity index (χ0) is 28.3. The van der Waals surface area contributed by atoms with Gasteiger partial charge in [-0.3, -0.25) is 14.9 Å². The van der Waals surface area contributed by atoms with E-state index in [1.165, 1.54) is 21.1 Å². The summed E-state index contributed by atoms with van der Waals surface area (Å²) in [6.45, 7) is 3.23. The molecule has 1 atom stereocenters. The van der Waals surface area contributed by atoms with E-state index in [2.05, 4.69) is 10.4 Å². The molecule has 13 nitrogen and oxygen atoms in total. The summed E-state index contributed by atoms with van der Waals surface area (Å²) in [5, 5.41) is 18.9. The van der Waals surface area contributed by atoms with Crippen LogP contribution in [0.3, 0.4) is 0 Å². The van der Waals surface area contributed by atoms with Crippen molar-refractivity contribution < 1.29 is 32.3 Å². The minimum Gasteiger partial charge on any atom is -0.437 e. The van der Waals surface area contributed by atoms with Crippen molar-refractivity contribution in [2.24, 2.45) is 0 Å². The highest BCUT2D eigenvalue weighted by molar-refractivity contribution is 7.89. The third kappa shape index (κ3) is 5.70. The SMILES string of the molecule is Cc1c(C(=O)NC[C@H]2CCCO2)nn(-c2ccccc2)c1Oc1ccc([N+](=O)[O-])cc1S(=O)(=O)N1CCOCC1. The predicted octanol–water partition coefficient (Wildman–Crippen LogP) is 2.81. The van der Waals surface area contributed by atoms with Crippen molar-refractivity contribution >= 4 is 21.6 Å². The Kier molecular flexibility index (Phi) is 8.12. The number of nitro benzene ring substituents is 1. The number of benzene rings is 2. The molecule has 2 fully saturated rings. The molecular weight excluding hydrogens is 542 g/mol. The van der Waals surface area contributed by atoms with E-state index in [9.17, 15) is 23.3 Å². The summed E-state index contributed by atoms with van der Waals surface area (Å²) >= 11 is 0. The molecule has 40 heavy (non-hydrogen) atoms. The number of carbonyl (C=O) groups excluding carboxylic acids is 1. The molecule has 0 bridgehead atoms. The van der Waals surface area contributed by atoms with Gasteiger partial charge in [0.15, 0.2) is 5.69 Å². The molecule has 2 aromatic carbocycles. The minimum absolute atomic E-state index is 0.0655. The average molecular weight is 572 g/mol. The van der Waals surface area contributed by atoms with Crippen LogP contribution in [0.15, 0.2) is 53.4 Å². The molecule has 1 aromatic heterocycles. The van der Waals surface area contributed by atoms with E-state index in [0.717, 1.165) is 18.9 Å². The molecule has 3 heterocycles. The van der Waals surface area contributed by atoms with Crippen LogP contribution >= 0.6 is 0 Å². The van der Waals surface area contributed by atoms with Gasteiger partial charge in [-0.2, -0.15) is 14.1 Å². The first-order valence-electron chi connectivity index (χ1n) is 12.8. The van der Waals surface area contributed by atoms with E-state index < -0.39 is 26.5 Å². The van der Waals surface area contributed by atoms with E-state index >= 15 is 0 Å². The molecule has 2 aliphatic heterocycles. The van der Waals surface area contributed by atoms with Gasteiger partial charge in [0.25, 0.3) is 11.6 Å². The first-order chi connectivity index (χ1) is 19.3. The highest BCUT2D eigenvalue weighted by atomic mass is 32.2. The van der Waals surface area contributed by atoms with Crippen molar-refractivity contribution in [3.8, 4) is 17.3 Å². The quantitative estimate of drug-likeness (QED) is 0.301. The molecule has 5 rings (SSSR count). The van der Waals surface area contributed by atoms with Crippen molar-refractivity contribution in [3.63, 3.8) is 0 Å². The number of nitro groups is 1. The van der Waals surface area contributed by atoms with E-state index in [4.69, 9.17) is 14.2 Å². The number of ether oxygens (including phenoxy) is 3. The van der Waals surface area contributed by atoms with Gasteiger partial charge in [0.2, 0.25) is 15.9 Å². The van der Waals surface area contributed by atoms with Crippen LogP contribution in [0, 0.1) is 17.0 Å². The molecule has 0 unspecified atom stereocenters. The van der Waals surface area contributed by atoms with Gasteiger partial charge in [-0.05, 0) is 38.0 Å². The number of nitrogens with one attached hydrogen (secondary N) is 1. The van der Waals surface area contributed by atoms with Gasteiger partial charge < -0.3 is 19.5 Å². The number of carbonyl (C=O) groups is 1. The Morgan fingerprint density at radius 3 is 2.60 bits per heavy atom. The molecular formula is C26H29N5O8S. The maximum Gasteiger partial charge on any atom is 0.272 e. The van der Waals surface area contributed by atoms with Gasteiger partial charge in [-0.25, -0.2) is 8.42 Å². The van der Waals surface area contributed by atoms with Gasteiger partial charge in [-0.1, -0.05) is 18.2 Å². The Hall–Kier alpha value is -3.85. The number of hydrogen-bond acceptors (Lipinski definition) is 9. The first-order valence-corrected chi connectivity index (χ1v) is 14.3. The maximum atomic E-state index is 13.6. The van der Waals surface area contributed by atoms with Gasteiger partial charge in [-0.15, -0.1) is 0 Å². The third-order valence-corrected chi connectivity index (χ3v) is 8.65. The highest BCUT2D eigenvalue weighted by Gasteiger charge is 2.33. The molecule has 1 amide bonds. The summed E-state index contributed by atoms with van der Waals surface area (Å²) in [6.07, 6.45) is 1.72. The second kappa shape index (κ2) is 11.7. The lowest BCUT2D eigenvalue weighted by Gasteiger charge is -2.26. The van der Waals surface area contributed by atoms with Crippen LogP contribution in [-0.4, -0.2) is 78.9 Å². The van der Waals surface area contributed by atoms with Crippen molar-refractivity contribution in [1.29, 1.82) is 0 Å². The van der Waals surface area contributed by atoms with Crippen molar-refractivity contribution in [2.45, 2.75) is 30.8 Å². The van der Waals surface area contributed by atoms with Crippen LogP contribution in [0.5, 0.6) is 11.6 Å². The van der Waals surface area contributed by atoms with Gasteiger partial charge in [0.05, 0.1) is 29.9 Å². The molecule has 2 aliphatic rings. The number of aromatic nitrogens is 2. The summed E-state index contributed by atoms with van der Waals surface area (Å²) in [4.78, 5) is 23.6. The number of hydrogen-bond donors (Lipinski definition) is 1. The fourth-order valence-electron chi connectivity index (χ4n) is 4.58. The first kappa shape index (κ1) is 27.7. The van der Waals surface area contributed by atoms with Crippen LogP contribution in [0.1, 0.15) is 28.9 Å². The Bertz CT molecular complexity index is 1500. The minimum atomic E-state index is -4.19. The van der Waals surface area contributed by atoms with E-state index in [0.29, 0.717) is 24.4 Å². The number of non-ortho nitro benzene ring substituents is 1. The molecule has 14 heteroatoms. The number of amides is 1.